The number of ether oxygens (including phenoxy) is 1. The first kappa shape index (κ1) is 13.7. The molecule has 0 atom stereocenters. The van der Waals surface area contributed by atoms with Gasteiger partial charge in [-0.2, -0.15) is 0 Å². The topological polar surface area (TPSA) is 52.3 Å². The fourth-order valence-electron chi connectivity index (χ4n) is 2.90. The molecule has 1 fully saturated rings. The molecule has 1 aliphatic rings. The summed E-state index contributed by atoms with van der Waals surface area (Å²) in [7, 11) is 0. The van der Waals surface area contributed by atoms with Crippen LogP contribution in [0.5, 0.6) is 5.75 Å². The molecule has 1 aliphatic carbocycles. The van der Waals surface area contributed by atoms with Gasteiger partial charge in [-0.1, -0.05) is 55.0 Å². The van der Waals surface area contributed by atoms with E-state index in [0.717, 1.165) is 36.1 Å². The Morgan fingerprint density at radius 1 is 1.05 bits per heavy atom. The zero-order valence-corrected chi connectivity index (χ0v) is 11.9. The van der Waals surface area contributed by atoms with Crippen molar-refractivity contribution in [2.45, 2.75) is 31.3 Å². The third kappa shape index (κ3) is 2.51. The smallest absolute Gasteiger partial charge is 0.228 e. The Balaban J connectivity index is 1.85. The summed E-state index contributed by atoms with van der Waals surface area (Å²) in [4.78, 5) is 11.9. The Bertz CT molecular complexity index is 633. The molecule has 0 heterocycles. The Hall–Kier alpha value is -2.29. The average molecular weight is 281 g/mol. The number of hydrogen-bond donors (Lipinski definition) is 1. The number of nitrogens with two attached hydrogens (primary N) is 1. The highest BCUT2D eigenvalue weighted by atomic mass is 16.5. The molecule has 0 bridgehead atoms. The Morgan fingerprint density at radius 3 is 2.33 bits per heavy atom. The SMILES string of the molecule is NC(=O)C1(c2ccccc2OCc2ccccc2)CCC1. The maximum absolute atomic E-state index is 11.9. The monoisotopic (exact) mass is 281 g/mol. The molecule has 1 saturated carbocycles. The van der Waals surface area contributed by atoms with E-state index in [9.17, 15) is 4.79 Å². The predicted molar refractivity (Wildman–Crippen MR) is 81.9 cm³/mol. The van der Waals surface area contributed by atoms with Gasteiger partial charge in [-0.25, -0.2) is 0 Å². The zero-order valence-electron chi connectivity index (χ0n) is 11.9. The first-order valence-corrected chi connectivity index (χ1v) is 7.28. The Labute approximate surface area is 124 Å². The van der Waals surface area contributed by atoms with Gasteiger partial charge in [-0.3, -0.25) is 4.79 Å². The van der Waals surface area contributed by atoms with Gasteiger partial charge in [0, 0.05) is 5.56 Å². The molecule has 108 valence electrons. The number of carbonyl (C=O) groups excluding carboxylic acids is 1. The predicted octanol–water partition coefficient (Wildman–Crippen LogP) is 3.17. The number of hydrogen-bond acceptors (Lipinski definition) is 2. The largest absolute Gasteiger partial charge is 0.489 e. The first-order valence-electron chi connectivity index (χ1n) is 7.28. The number of rotatable bonds is 5. The van der Waals surface area contributed by atoms with E-state index in [-0.39, 0.29) is 5.91 Å². The summed E-state index contributed by atoms with van der Waals surface area (Å²) in [6.07, 6.45) is 2.66. The van der Waals surface area contributed by atoms with Crippen molar-refractivity contribution in [3.8, 4) is 5.75 Å². The molecule has 2 aromatic carbocycles. The highest BCUT2D eigenvalue weighted by Gasteiger charge is 2.45. The number of amides is 1. The molecule has 3 rings (SSSR count). The van der Waals surface area contributed by atoms with Gasteiger partial charge < -0.3 is 10.5 Å². The van der Waals surface area contributed by atoms with E-state index >= 15 is 0 Å². The molecule has 0 spiro atoms. The molecule has 0 unspecified atom stereocenters. The lowest BCUT2D eigenvalue weighted by Crippen LogP contribution is -2.46. The molecule has 3 heteroatoms. The lowest BCUT2D eigenvalue weighted by molar-refractivity contribution is -0.126. The van der Waals surface area contributed by atoms with Crippen LogP contribution in [0.1, 0.15) is 30.4 Å². The molecule has 3 nitrogen and oxygen atoms in total. The van der Waals surface area contributed by atoms with Crippen LogP contribution >= 0.6 is 0 Å². The van der Waals surface area contributed by atoms with Crippen molar-refractivity contribution in [3.05, 3.63) is 65.7 Å². The molecule has 1 amide bonds. The molecule has 0 saturated heterocycles. The normalized spacial score (nSPS) is 16.0. The van der Waals surface area contributed by atoms with Crippen LogP contribution in [0.25, 0.3) is 0 Å². The summed E-state index contributed by atoms with van der Waals surface area (Å²) < 4.78 is 5.95. The fraction of sp³-hybridized carbons (Fsp3) is 0.278. The minimum atomic E-state index is -0.534. The van der Waals surface area contributed by atoms with Crippen LogP contribution in [-0.2, 0) is 16.8 Å². The van der Waals surface area contributed by atoms with Gasteiger partial charge in [-0.15, -0.1) is 0 Å². The molecular formula is C18H19NO2. The van der Waals surface area contributed by atoms with Gasteiger partial charge in [0.2, 0.25) is 5.91 Å². The molecular weight excluding hydrogens is 262 g/mol. The molecule has 2 N–H and O–H groups in total. The maximum atomic E-state index is 11.9. The first-order chi connectivity index (χ1) is 10.2. The zero-order chi connectivity index (χ0) is 14.7. The van der Waals surface area contributed by atoms with Crippen LogP contribution in [0.2, 0.25) is 0 Å². The van der Waals surface area contributed by atoms with Crippen molar-refractivity contribution in [1.29, 1.82) is 0 Å². The second-order valence-corrected chi connectivity index (χ2v) is 5.57. The summed E-state index contributed by atoms with van der Waals surface area (Å²) >= 11 is 0. The van der Waals surface area contributed by atoms with Crippen LogP contribution in [0.4, 0.5) is 0 Å². The number of primary amides is 1. The van der Waals surface area contributed by atoms with Crippen molar-refractivity contribution in [1.82, 2.24) is 0 Å². The van der Waals surface area contributed by atoms with E-state index < -0.39 is 5.41 Å². The van der Waals surface area contributed by atoms with Gasteiger partial charge in [0.25, 0.3) is 0 Å². The molecule has 0 radical (unpaired) electrons. The number of carbonyl (C=O) groups is 1. The second-order valence-electron chi connectivity index (χ2n) is 5.57. The molecule has 2 aromatic rings. The van der Waals surface area contributed by atoms with Crippen LogP contribution < -0.4 is 10.5 Å². The highest BCUT2D eigenvalue weighted by Crippen LogP contribution is 2.46. The molecule has 21 heavy (non-hydrogen) atoms. The van der Waals surface area contributed by atoms with Gasteiger partial charge >= 0.3 is 0 Å². The number of para-hydroxylation sites is 1. The van der Waals surface area contributed by atoms with Crippen molar-refractivity contribution in [2.75, 3.05) is 0 Å². The third-order valence-corrected chi connectivity index (χ3v) is 4.32. The van der Waals surface area contributed by atoms with E-state index in [1.54, 1.807) is 0 Å². The summed E-state index contributed by atoms with van der Waals surface area (Å²) in [6.45, 7) is 0.493. The van der Waals surface area contributed by atoms with Gasteiger partial charge in [-0.05, 0) is 24.5 Å². The van der Waals surface area contributed by atoms with Crippen LogP contribution in [0, 0.1) is 0 Å². The minimum Gasteiger partial charge on any atom is -0.489 e. The second kappa shape index (κ2) is 5.60. The molecule has 0 aliphatic heterocycles. The van der Waals surface area contributed by atoms with Gasteiger partial charge in [0.15, 0.2) is 0 Å². The lowest BCUT2D eigenvalue weighted by atomic mass is 9.63. The fourth-order valence-corrected chi connectivity index (χ4v) is 2.90. The molecule has 0 aromatic heterocycles. The van der Waals surface area contributed by atoms with E-state index in [1.165, 1.54) is 0 Å². The third-order valence-electron chi connectivity index (χ3n) is 4.32. The summed E-state index contributed by atoms with van der Waals surface area (Å²) in [5.74, 6) is 0.518. The van der Waals surface area contributed by atoms with Crippen LogP contribution in [0.3, 0.4) is 0 Å². The number of benzene rings is 2. The van der Waals surface area contributed by atoms with Crippen molar-refractivity contribution < 1.29 is 9.53 Å². The Kier molecular flexibility index (Phi) is 3.65. The van der Waals surface area contributed by atoms with Crippen molar-refractivity contribution in [3.63, 3.8) is 0 Å². The van der Waals surface area contributed by atoms with Crippen LogP contribution in [-0.4, -0.2) is 5.91 Å². The lowest BCUT2D eigenvalue weighted by Gasteiger charge is -2.40. The van der Waals surface area contributed by atoms with E-state index in [1.807, 2.05) is 54.6 Å². The Morgan fingerprint density at radius 2 is 1.71 bits per heavy atom. The van der Waals surface area contributed by atoms with Crippen molar-refractivity contribution >= 4 is 5.91 Å². The minimum absolute atomic E-state index is 0.246. The van der Waals surface area contributed by atoms with Gasteiger partial charge in [0.05, 0.1) is 5.41 Å². The average Bonchev–Trinajstić information content (AvgIpc) is 2.46. The maximum Gasteiger partial charge on any atom is 0.228 e. The summed E-state index contributed by atoms with van der Waals surface area (Å²) in [6, 6.07) is 17.7. The van der Waals surface area contributed by atoms with Crippen LogP contribution in [0.15, 0.2) is 54.6 Å². The standard InChI is InChI=1S/C18H19NO2/c19-17(20)18(11-6-12-18)15-9-4-5-10-16(15)21-13-14-7-2-1-3-8-14/h1-5,7-10H,6,11-13H2,(H2,19,20). The summed E-state index contributed by atoms with van der Waals surface area (Å²) in [5, 5.41) is 0. The van der Waals surface area contributed by atoms with E-state index in [0.29, 0.717) is 6.61 Å². The van der Waals surface area contributed by atoms with Crippen molar-refractivity contribution in [2.24, 2.45) is 5.73 Å². The van der Waals surface area contributed by atoms with Gasteiger partial charge in [0.1, 0.15) is 12.4 Å². The highest BCUT2D eigenvalue weighted by molar-refractivity contribution is 5.88. The quantitative estimate of drug-likeness (QED) is 0.915. The summed E-state index contributed by atoms with van der Waals surface area (Å²) in [5.41, 5.74) is 7.15. The van der Waals surface area contributed by atoms with E-state index in [2.05, 4.69) is 0 Å². The van der Waals surface area contributed by atoms with E-state index in [4.69, 9.17) is 10.5 Å².